The summed E-state index contributed by atoms with van der Waals surface area (Å²) in [6.45, 7) is 10.3. The van der Waals surface area contributed by atoms with Gasteiger partial charge in [0.2, 0.25) is 5.91 Å². The molecule has 0 aromatic heterocycles. The number of hydrogen-bond acceptors (Lipinski definition) is 4. The van der Waals surface area contributed by atoms with E-state index in [9.17, 15) is 4.79 Å². The molecule has 0 aromatic rings. The Balaban J connectivity index is 1.97. The third-order valence-corrected chi connectivity index (χ3v) is 4.44. The summed E-state index contributed by atoms with van der Waals surface area (Å²) in [5.74, 6) is 0.278. The summed E-state index contributed by atoms with van der Waals surface area (Å²) in [6, 6.07) is 0.548. The summed E-state index contributed by atoms with van der Waals surface area (Å²) >= 11 is 0. The molecule has 2 aliphatic heterocycles. The monoisotopic (exact) mass is 283 g/mol. The van der Waals surface area contributed by atoms with Gasteiger partial charge >= 0.3 is 0 Å². The number of hydrogen-bond donors (Lipinski definition) is 1. The van der Waals surface area contributed by atoms with E-state index < -0.39 is 0 Å². The minimum absolute atomic E-state index is 0.00356. The maximum atomic E-state index is 12.7. The Labute approximate surface area is 122 Å². The van der Waals surface area contributed by atoms with Crippen LogP contribution >= 0.6 is 0 Å². The molecule has 0 aromatic carbocycles. The molecule has 0 saturated carbocycles. The highest BCUT2D eigenvalue weighted by atomic mass is 16.5. The van der Waals surface area contributed by atoms with Crippen molar-refractivity contribution in [3.63, 3.8) is 0 Å². The van der Waals surface area contributed by atoms with Crippen LogP contribution in [0.15, 0.2) is 0 Å². The zero-order valence-electron chi connectivity index (χ0n) is 12.9. The van der Waals surface area contributed by atoms with Crippen molar-refractivity contribution in [1.82, 2.24) is 15.1 Å². The maximum Gasteiger partial charge on any atom is 0.239 e. The Morgan fingerprint density at radius 2 is 2.00 bits per heavy atom. The van der Waals surface area contributed by atoms with Crippen LogP contribution in [0.4, 0.5) is 0 Å². The molecule has 1 N–H and O–H groups in total. The molecule has 116 valence electrons. The van der Waals surface area contributed by atoms with Crippen LogP contribution in [0.5, 0.6) is 0 Å². The molecule has 1 unspecified atom stereocenters. The fourth-order valence-corrected chi connectivity index (χ4v) is 3.28. The van der Waals surface area contributed by atoms with E-state index >= 15 is 0 Å². The lowest BCUT2D eigenvalue weighted by Crippen LogP contribution is -2.55. The summed E-state index contributed by atoms with van der Waals surface area (Å²) in [6.07, 6.45) is 3.41. The van der Waals surface area contributed by atoms with Crippen molar-refractivity contribution in [3.05, 3.63) is 0 Å². The van der Waals surface area contributed by atoms with Crippen LogP contribution in [0.25, 0.3) is 0 Å². The number of rotatable bonds is 5. The van der Waals surface area contributed by atoms with Crippen LogP contribution in [0, 0.1) is 0 Å². The molecule has 1 atom stereocenters. The van der Waals surface area contributed by atoms with E-state index in [1.807, 2.05) is 4.90 Å². The molecule has 2 saturated heterocycles. The number of nitrogens with one attached hydrogen (secondary N) is 1. The Morgan fingerprint density at radius 1 is 1.35 bits per heavy atom. The summed E-state index contributed by atoms with van der Waals surface area (Å²) in [5, 5.41) is 3.40. The van der Waals surface area contributed by atoms with Crippen molar-refractivity contribution in [1.29, 1.82) is 0 Å². The number of piperidine rings is 1. The van der Waals surface area contributed by atoms with E-state index in [2.05, 4.69) is 24.1 Å². The highest BCUT2D eigenvalue weighted by Gasteiger charge is 2.31. The predicted octanol–water partition coefficient (Wildman–Crippen LogP) is 0.698. The summed E-state index contributed by atoms with van der Waals surface area (Å²) < 4.78 is 5.34. The van der Waals surface area contributed by atoms with Gasteiger partial charge in [-0.3, -0.25) is 9.69 Å². The summed E-state index contributed by atoms with van der Waals surface area (Å²) in [4.78, 5) is 17.1. The van der Waals surface area contributed by atoms with Crippen LogP contribution in [0.1, 0.15) is 33.1 Å². The van der Waals surface area contributed by atoms with E-state index in [0.29, 0.717) is 19.3 Å². The van der Waals surface area contributed by atoms with Crippen molar-refractivity contribution in [3.8, 4) is 0 Å². The van der Waals surface area contributed by atoms with Gasteiger partial charge in [0.05, 0.1) is 19.3 Å². The van der Waals surface area contributed by atoms with Gasteiger partial charge in [-0.1, -0.05) is 6.92 Å². The second-order valence-electron chi connectivity index (χ2n) is 5.83. The molecule has 5 heteroatoms. The lowest BCUT2D eigenvalue weighted by Gasteiger charge is -2.40. The second-order valence-corrected chi connectivity index (χ2v) is 5.83. The number of nitrogens with zero attached hydrogens (tertiary/aromatic N) is 2. The fraction of sp³-hybridized carbons (Fsp3) is 0.933. The number of carbonyl (C=O) groups excluding carboxylic acids is 1. The topological polar surface area (TPSA) is 44.8 Å². The molecule has 2 rings (SSSR count). The van der Waals surface area contributed by atoms with Crippen LogP contribution in [0.3, 0.4) is 0 Å². The van der Waals surface area contributed by atoms with E-state index in [0.717, 1.165) is 52.0 Å². The van der Waals surface area contributed by atoms with Crippen molar-refractivity contribution < 1.29 is 9.53 Å². The Bertz CT molecular complexity index is 299. The first-order valence-electron chi connectivity index (χ1n) is 8.07. The minimum Gasteiger partial charge on any atom is -0.378 e. The molecule has 0 spiro atoms. The molecule has 2 aliphatic rings. The SMILES string of the molecule is CCCN(C1CCNCC1)C(C)C(=O)N1CCOCC1. The third kappa shape index (κ3) is 3.93. The maximum absolute atomic E-state index is 12.7. The van der Waals surface area contributed by atoms with Gasteiger partial charge in [-0.05, 0) is 45.8 Å². The smallest absolute Gasteiger partial charge is 0.239 e. The molecular weight excluding hydrogens is 254 g/mol. The van der Waals surface area contributed by atoms with Gasteiger partial charge in [-0.15, -0.1) is 0 Å². The number of amides is 1. The van der Waals surface area contributed by atoms with Crippen molar-refractivity contribution >= 4 is 5.91 Å². The van der Waals surface area contributed by atoms with Gasteiger partial charge in [0, 0.05) is 19.1 Å². The van der Waals surface area contributed by atoms with E-state index in [4.69, 9.17) is 4.74 Å². The largest absolute Gasteiger partial charge is 0.378 e. The molecule has 20 heavy (non-hydrogen) atoms. The lowest BCUT2D eigenvalue weighted by molar-refractivity contribution is -0.141. The average molecular weight is 283 g/mol. The van der Waals surface area contributed by atoms with Gasteiger partial charge in [0.15, 0.2) is 0 Å². The standard InChI is InChI=1S/C15H29N3O2/c1-3-8-18(14-4-6-16-7-5-14)13(2)15(19)17-9-11-20-12-10-17/h13-14,16H,3-12H2,1-2H3. The number of ether oxygens (including phenoxy) is 1. The molecule has 2 fully saturated rings. The molecule has 1 amide bonds. The number of carbonyl (C=O) groups is 1. The Kier molecular flexibility index (Phi) is 6.26. The highest BCUT2D eigenvalue weighted by Crippen LogP contribution is 2.17. The third-order valence-electron chi connectivity index (χ3n) is 4.44. The molecule has 0 radical (unpaired) electrons. The van der Waals surface area contributed by atoms with Gasteiger partial charge in [0.25, 0.3) is 0 Å². The molecule has 0 aliphatic carbocycles. The predicted molar refractivity (Wildman–Crippen MR) is 79.7 cm³/mol. The minimum atomic E-state index is -0.00356. The van der Waals surface area contributed by atoms with Gasteiger partial charge in [-0.2, -0.15) is 0 Å². The summed E-state index contributed by atoms with van der Waals surface area (Å²) in [5.41, 5.74) is 0. The second kappa shape index (κ2) is 7.96. The van der Waals surface area contributed by atoms with Crippen LogP contribution in [-0.4, -0.2) is 73.7 Å². The van der Waals surface area contributed by atoms with Crippen LogP contribution < -0.4 is 5.32 Å². The molecule has 2 heterocycles. The molecule has 0 bridgehead atoms. The van der Waals surface area contributed by atoms with Gasteiger partial charge < -0.3 is 15.0 Å². The fourth-order valence-electron chi connectivity index (χ4n) is 3.28. The molecular formula is C15H29N3O2. The first-order valence-corrected chi connectivity index (χ1v) is 8.07. The zero-order valence-corrected chi connectivity index (χ0v) is 12.9. The zero-order chi connectivity index (χ0) is 14.4. The van der Waals surface area contributed by atoms with Gasteiger partial charge in [-0.25, -0.2) is 0 Å². The van der Waals surface area contributed by atoms with Crippen molar-refractivity contribution in [2.75, 3.05) is 45.9 Å². The van der Waals surface area contributed by atoms with Crippen molar-refractivity contribution in [2.24, 2.45) is 0 Å². The van der Waals surface area contributed by atoms with E-state index in [-0.39, 0.29) is 11.9 Å². The van der Waals surface area contributed by atoms with Crippen LogP contribution in [0.2, 0.25) is 0 Å². The quantitative estimate of drug-likeness (QED) is 0.807. The Morgan fingerprint density at radius 3 is 2.60 bits per heavy atom. The van der Waals surface area contributed by atoms with Crippen LogP contribution in [-0.2, 0) is 9.53 Å². The summed E-state index contributed by atoms with van der Waals surface area (Å²) in [7, 11) is 0. The number of morpholine rings is 1. The lowest BCUT2D eigenvalue weighted by atomic mass is 10.0. The van der Waals surface area contributed by atoms with Gasteiger partial charge in [0.1, 0.15) is 0 Å². The highest BCUT2D eigenvalue weighted by molar-refractivity contribution is 5.81. The Hall–Kier alpha value is -0.650. The first kappa shape index (κ1) is 15.7. The average Bonchev–Trinajstić information content (AvgIpc) is 2.53. The van der Waals surface area contributed by atoms with Crippen molar-refractivity contribution in [2.45, 2.75) is 45.2 Å². The van der Waals surface area contributed by atoms with E-state index in [1.165, 1.54) is 0 Å². The molecule has 5 nitrogen and oxygen atoms in total. The first-order chi connectivity index (χ1) is 9.74. The van der Waals surface area contributed by atoms with E-state index in [1.54, 1.807) is 0 Å². The normalized spacial score (nSPS) is 23.1.